The van der Waals surface area contributed by atoms with E-state index >= 15 is 0 Å². The number of ketones is 1. The zero-order valence-corrected chi connectivity index (χ0v) is 18.4. The van der Waals surface area contributed by atoms with Crippen LogP contribution in [0.15, 0.2) is 70.4 Å². The molecule has 7 nitrogen and oxygen atoms in total. The first-order valence-corrected chi connectivity index (χ1v) is 11.3. The third kappa shape index (κ3) is 4.37. The molecule has 9 heteroatoms. The SMILES string of the molecule is O=C(CSc1nnc(-c2ccc(Cl)cc2)n1Cc1ccco1)c1ccc2c(c1)OCCO2. The van der Waals surface area contributed by atoms with Crippen LogP contribution in [0.5, 0.6) is 11.5 Å². The molecule has 4 aromatic rings. The molecule has 2 aromatic heterocycles. The average molecular weight is 468 g/mol. The maximum atomic E-state index is 12.8. The molecule has 0 radical (unpaired) electrons. The Morgan fingerprint density at radius 1 is 1.03 bits per heavy atom. The van der Waals surface area contributed by atoms with Crippen molar-refractivity contribution < 1.29 is 18.7 Å². The quantitative estimate of drug-likeness (QED) is 0.280. The highest BCUT2D eigenvalue weighted by atomic mass is 35.5. The number of nitrogens with zero attached hydrogens (tertiary/aromatic N) is 3. The fraction of sp³-hybridized carbons (Fsp3) is 0.174. The summed E-state index contributed by atoms with van der Waals surface area (Å²) in [5.41, 5.74) is 1.44. The molecule has 162 valence electrons. The predicted octanol–water partition coefficient (Wildman–Crippen LogP) is 4.99. The number of fused-ring (bicyclic) bond motifs is 1. The minimum atomic E-state index is -0.0347. The van der Waals surface area contributed by atoms with Gasteiger partial charge < -0.3 is 13.9 Å². The fourth-order valence-corrected chi connectivity index (χ4v) is 4.30. The third-order valence-corrected chi connectivity index (χ3v) is 6.13. The second kappa shape index (κ2) is 9.10. The van der Waals surface area contributed by atoms with Gasteiger partial charge in [0, 0.05) is 16.1 Å². The number of hydrogen-bond donors (Lipinski definition) is 0. The molecule has 1 aliphatic rings. The maximum absolute atomic E-state index is 12.8. The van der Waals surface area contributed by atoms with Crippen LogP contribution in [0.3, 0.4) is 0 Å². The summed E-state index contributed by atoms with van der Waals surface area (Å²) in [7, 11) is 0. The van der Waals surface area contributed by atoms with E-state index in [0.29, 0.717) is 52.8 Å². The van der Waals surface area contributed by atoms with Crippen LogP contribution in [-0.2, 0) is 6.54 Å². The van der Waals surface area contributed by atoms with Crippen molar-refractivity contribution in [3.8, 4) is 22.9 Å². The van der Waals surface area contributed by atoms with Crippen molar-refractivity contribution in [3.63, 3.8) is 0 Å². The monoisotopic (exact) mass is 467 g/mol. The van der Waals surface area contributed by atoms with Crippen LogP contribution in [0.25, 0.3) is 11.4 Å². The van der Waals surface area contributed by atoms with Gasteiger partial charge in [-0.25, -0.2) is 0 Å². The van der Waals surface area contributed by atoms with E-state index < -0.39 is 0 Å². The molecule has 2 aromatic carbocycles. The van der Waals surface area contributed by atoms with Gasteiger partial charge in [-0.05, 0) is 54.6 Å². The number of furan rings is 1. The number of carbonyl (C=O) groups is 1. The molecule has 0 atom stereocenters. The van der Waals surface area contributed by atoms with Gasteiger partial charge in [-0.2, -0.15) is 0 Å². The highest BCUT2D eigenvalue weighted by Crippen LogP contribution is 2.32. The molecule has 0 saturated carbocycles. The number of halogens is 1. The topological polar surface area (TPSA) is 79.4 Å². The van der Waals surface area contributed by atoms with Crippen LogP contribution in [0.2, 0.25) is 5.02 Å². The summed E-state index contributed by atoms with van der Waals surface area (Å²) in [5, 5.41) is 9.97. The number of Topliss-reactive ketones (excluding diaryl/α,β-unsaturated/α-hetero) is 1. The van der Waals surface area contributed by atoms with Gasteiger partial charge in [-0.1, -0.05) is 23.4 Å². The number of ether oxygens (including phenoxy) is 2. The first-order valence-electron chi connectivity index (χ1n) is 9.94. The Morgan fingerprint density at radius 3 is 2.62 bits per heavy atom. The van der Waals surface area contributed by atoms with E-state index in [-0.39, 0.29) is 11.5 Å². The lowest BCUT2D eigenvalue weighted by Gasteiger charge is -2.18. The summed E-state index contributed by atoms with van der Waals surface area (Å²) < 4.78 is 18.6. The average Bonchev–Trinajstić information content (AvgIpc) is 3.48. The largest absolute Gasteiger partial charge is 0.486 e. The third-order valence-electron chi connectivity index (χ3n) is 4.91. The van der Waals surface area contributed by atoms with Crippen LogP contribution in [0.4, 0.5) is 0 Å². The summed E-state index contributed by atoms with van der Waals surface area (Å²) in [4.78, 5) is 12.8. The maximum Gasteiger partial charge on any atom is 0.192 e. The van der Waals surface area contributed by atoms with Crippen molar-refractivity contribution >= 4 is 29.1 Å². The van der Waals surface area contributed by atoms with E-state index in [9.17, 15) is 4.79 Å². The molecule has 3 heterocycles. The van der Waals surface area contributed by atoms with Crippen molar-refractivity contribution in [2.24, 2.45) is 0 Å². The number of hydrogen-bond acceptors (Lipinski definition) is 7. The van der Waals surface area contributed by atoms with Gasteiger partial charge in [-0.15, -0.1) is 10.2 Å². The summed E-state index contributed by atoms with van der Waals surface area (Å²) in [6, 6.07) is 16.4. The molecular weight excluding hydrogens is 450 g/mol. The van der Waals surface area contributed by atoms with E-state index in [1.54, 1.807) is 36.6 Å². The number of aromatic nitrogens is 3. The van der Waals surface area contributed by atoms with Crippen molar-refractivity contribution in [2.45, 2.75) is 11.7 Å². The van der Waals surface area contributed by atoms with Crippen molar-refractivity contribution in [1.29, 1.82) is 0 Å². The second-order valence-corrected chi connectivity index (χ2v) is 8.43. The second-order valence-electron chi connectivity index (χ2n) is 7.05. The summed E-state index contributed by atoms with van der Waals surface area (Å²) in [5.74, 6) is 2.86. The fourth-order valence-electron chi connectivity index (χ4n) is 3.34. The first kappa shape index (κ1) is 20.7. The van der Waals surface area contributed by atoms with E-state index in [1.165, 1.54) is 11.8 Å². The number of carbonyl (C=O) groups excluding carboxylic acids is 1. The highest BCUT2D eigenvalue weighted by molar-refractivity contribution is 7.99. The van der Waals surface area contributed by atoms with Crippen molar-refractivity contribution in [3.05, 3.63) is 77.2 Å². The predicted molar refractivity (Wildman–Crippen MR) is 121 cm³/mol. The van der Waals surface area contributed by atoms with Crippen molar-refractivity contribution in [2.75, 3.05) is 19.0 Å². The van der Waals surface area contributed by atoms with Crippen molar-refractivity contribution in [1.82, 2.24) is 14.8 Å². The smallest absolute Gasteiger partial charge is 0.192 e. The molecule has 1 aliphatic heterocycles. The van der Waals surface area contributed by atoms with Gasteiger partial charge in [0.25, 0.3) is 0 Å². The highest BCUT2D eigenvalue weighted by Gasteiger charge is 2.19. The molecule has 0 fully saturated rings. The lowest BCUT2D eigenvalue weighted by Crippen LogP contribution is -2.16. The van der Waals surface area contributed by atoms with Gasteiger partial charge in [0.2, 0.25) is 0 Å². The minimum absolute atomic E-state index is 0.0347. The van der Waals surface area contributed by atoms with Crippen LogP contribution >= 0.6 is 23.4 Å². The Bertz CT molecular complexity index is 1240. The Hall–Kier alpha value is -3.23. The Balaban J connectivity index is 1.38. The van der Waals surface area contributed by atoms with Gasteiger partial charge >= 0.3 is 0 Å². The summed E-state index contributed by atoms with van der Waals surface area (Å²) >= 11 is 7.36. The summed E-state index contributed by atoms with van der Waals surface area (Å²) in [6.45, 7) is 1.43. The Kier molecular flexibility index (Phi) is 5.87. The van der Waals surface area contributed by atoms with Gasteiger partial charge in [0.05, 0.1) is 18.6 Å². The van der Waals surface area contributed by atoms with Gasteiger partial charge in [0.1, 0.15) is 19.0 Å². The molecule has 0 aliphatic carbocycles. The first-order chi connectivity index (χ1) is 15.7. The molecule has 0 saturated heterocycles. The Morgan fingerprint density at radius 2 is 1.84 bits per heavy atom. The molecule has 32 heavy (non-hydrogen) atoms. The number of rotatable bonds is 7. The number of benzene rings is 2. The van der Waals surface area contributed by atoms with Crippen LogP contribution in [0.1, 0.15) is 16.1 Å². The van der Waals surface area contributed by atoms with E-state index in [2.05, 4.69) is 10.2 Å². The van der Waals surface area contributed by atoms with E-state index in [1.807, 2.05) is 28.8 Å². The molecule has 0 bridgehead atoms. The summed E-state index contributed by atoms with van der Waals surface area (Å²) in [6.07, 6.45) is 1.62. The Labute approximate surface area is 193 Å². The lowest BCUT2D eigenvalue weighted by molar-refractivity contribution is 0.102. The molecule has 0 amide bonds. The van der Waals surface area contributed by atoms with E-state index in [4.69, 9.17) is 25.5 Å². The molecule has 0 N–H and O–H groups in total. The van der Waals surface area contributed by atoms with E-state index in [0.717, 1.165) is 11.3 Å². The zero-order chi connectivity index (χ0) is 21.9. The normalized spacial score (nSPS) is 12.7. The standard InChI is InChI=1S/C23H18ClN3O4S/c24-17-6-3-15(4-7-17)22-25-26-23(27(22)13-18-2-1-9-29-18)32-14-19(28)16-5-8-20-21(12-16)31-11-10-30-20/h1-9,12H,10-11,13-14H2. The van der Waals surface area contributed by atoms with Crippen LogP contribution in [-0.4, -0.2) is 39.5 Å². The lowest BCUT2D eigenvalue weighted by atomic mass is 10.1. The minimum Gasteiger partial charge on any atom is -0.486 e. The van der Waals surface area contributed by atoms with Gasteiger partial charge in [-0.3, -0.25) is 9.36 Å². The molecular formula is C23H18ClN3O4S. The number of thioether (sulfide) groups is 1. The van der Waals surface area contributed by atoms with Crippen LogP contribution < -0.4 is 9.47 Å². The van der Waals surface area contributed by atoms with Crippen LogP contribution in [0, 0.1) is 0 Å². The van der Waals surface area contributed by atoms with Gasteiger partial charge in [0.15, 0.2) is 28.3 Å². The molecule has 0 unspecified atom stereocenters. The molecule has 5 rings (SSSR count). The molecule has 0 spiro atoms. The zero-order valence-electron chi connectivity index (χ0n) is 16.9.